The van der Waals surface area contributed by atoms with Crippen LogP contribution in [0.1, 0.15) is 28.9 Å². The standard InChI is InChI=1S/C21H27N5O2/c1-25(10-9-15-5-3-2-4-6-15)21-23-18(20(28)22-12-16-7-8-16)11-19(24-21)26-13-17(27)14-26/h2-6,11,16-17,27H,7-10,12-14H2,1H3,(H,22,28). The van der Waals surface area contributed by atoms with Gasteiger partial charge in [0.1, 0.15) is 11.5 Å². The summed E-state index contributed by atoms with van der Waals surface area (Å²) in [4.78, 5) is 25.7. The number of hydrogen-bond acceptors (Lipinski definition) is 6. The molecule has 0 unspecified atom stereocenters. The van der Waals surface area contributed by atoms with Crippen LogP contribution in [0.3, 0.4) is 0 Å². The molecular formula is C21H27N5O2. The van der Waals surface area contributed by atoms with E-state index >= 15 is 0 Å². The van der Waals surface area contributed by atoms with Crippen LogP contribution in [0.25, 0.3) is 0 Å². The minimum absolute atomic E-state index is 0.158. The topological polar surface area (TPSA) is 81.6 Å². The molecule has 28 heavy (non-hydrogen) atoms. The van der Waals surface area contributed by atoms with E-state index in [9.17, 15) is 9.90 Å². The number of carbonyl (C=O) groups excluding carboxylic acids is 1. The normalized spacial score (nSPS) is 16.6. The molecule has 4 rings (SSSR count). The Kier molecular flexibility index (Phi) is 5.43. The Bertz CT molecular complexity index is 819. The van der Waals surface area contributed by atoms with E-state index in [1.165, 1.54) is 18.4 Å². The number of aromatic nitrogens is 2. The van der Waals surface area contributed by atoms with Crippen molar-refractivity contribution < 1.29 is 9.90 Å². The predicted molar refractivity (Wildman–Crippen MR) is 109 cm³/mol. The van der Waals surface area contributed by atoms with Crippen LogP contribution in [-0.4, -0.2) is 60.3 Å². The van der Waals surface area contributed by atoms with Gasteiger partial charge in [0, 0.05) is 39.3 Å². The Balaban J connectivity index is 1.49. The van der Waals surface area contributed by atoms with Gasteiger partial charge in [0.25, 0.3) is 5.91 Å². The first kappa shape index (κ1) is 18.7. The summed E-state index contributed by atoms with van der Waals surface area (Å²) in [5.41, 5.74) is 1.63. The van der Waals surface area contributed by atoms with Crippen LogP contribution in [-0.2, 0) is 6.42 Å². The number of rotatable bonds is 8. The number of amides is 1. The molecule has 148 valence electrons. The van der Waals surface area contributed by atoms with E-state index < -0.39 is 0 Å². The third kappa shape index (κ3) is 4.59. The van der Waals surface area contributed by atoms with E-state index in [-0.39, 0.29) is 12.0 Å². The van der Waals surface area contributed by atoms with Gasteiger partial charge in [0.15, 0.2) is 0 Å². The Morgan fingerprint density at radius 2 is 2.00 bits per heavy atom. The molecule has 1 aliphatic heterocycles. The van der Waals surface area contributed by atoms with Gasteiger partial charge in [-0.05, 0) is 30.7 Å². The molecule has 2 aromatic rings. The lowest BCUT2D eigenvalue weighted by Gasteiger charge is -2.37. The maximum absolute atomic E-state index is 12.6. The van der Waals surface area contributed by atoms with Gasteiger partial charge in [0.2, 0.25) is 5.95 Å². The van der Waals surface area contributed by atoms with Gasteiger partial charge in [-0.25, -0.2) is 4.98 Å². The van der Waals surface area contributed by atoms with E-state index in [0.717, 1.165) is 13.0 Å². The largest absolute Gasteiger partial charge is 0.389 e. The predicted octanol–water partition coefficient (Wildman–Crippen LogP) is 1.48. The van der Waals surface area contributed by atoms with Crippen molar-refractivity contribution in [3.8, 4) is 0 Å². The zero-order valence-corrected chi connectivity index (χ0v) is 16.2. The van der Waals surface area contributed by atoms with Crippen molar-refractivity contribution in [2.24, 2.45) is 5.92 Å². The number of anilines is 2. The third-order valence-corrected chi connectivity index (χ3v) is 5.29. The second-order valence-corrected chi connectivity index (χ2v) is 7.78. The molecule has 2 fully saturated rings. The summed E-state index contributed by atoms with van der Waals surface area (Å²) in [7, 11) is 1.94. The molecule has 7 nitrogen and oxygen atoms in total. The number of β-amino-alcohol motifs (C(OH)–C–C–N with tert-alkyl or cyclic N) is 1. The summed E-state index contributed by atoms with van der Waals surface area (Å²) >= 11 is 0. The van der Waals surface area contributed by atoms with Crippen LogP contribution < -0.4 is 15.1 Å². The fourth-order valence-corrected chi connectivity index (χ4v) is 3.20. The molecule has 2 heterocycles. The highest BCUT2D eigenvalue weighted by Gasteiger charge is 2.28. The quantitative estimate of drug-likeness (QED) is 0.721. The minimum atomic E-state index is -0.332. The molecule has 1 aliphatic carbocycles. The van der Waals surface area contributed by atoms with Crippen molar-refractivity contribution in [2.45, 2.75) is 25.4 Å². The first-order valence-corrected chi connectivity index (χ1v) is 9.94. The number of likely N-dealkylation sites (N-methyl/N-ethyl adjacent to an activating group) is 1. The van der Waals surface area contributed by atoms with Crippen LogP contribution in [0.15, 0.2) is 36.4 Å². The highest BCUT2D eigenvalue weighted by molar-refractivity contribution is 5.93. The average Bonchev–Trinajstić information content (AvgIpc) is 3.52. The third-order valence-electron chi connectivity index (χ3n) is 5.29. The zero-order chi connectivity index (χ0) is 19.5. The van der Waals surface area contributed by atoms with E-state index in [4.69, 9.17) is 0 Å². The summed E-state index contributed by atoms with van der Waals surface area (Å²) in [6.07, 6.45) is 2.92. The molecule has 1 aromatic heterocycles. The highest BCUT2D eigenvalue weighted by Crippen LogP contribution is 2.28. The summed E-state index contributed by atoms with van der Waals surface area (Å²) in [6, 6.07) is 12.0. The fraction of sp³-hybridized carbons (Fsp3) is 0.476. The van der Waals surface area contributed by atoms with Crippen LogP contribution in [0.2, 0.25) is 0 Å². The lowest BCUT2D eigenvalue weighted by molar-refractivity contribution is 0.0946. The van der Waals surface area contributed by atoms with Crippen molar-refractivity contribution in [1.29, 1.82) is 0 Å². The molecule has 1 saturated carbocycles. The smallest absolute Gasteiger partial charge is 0.270 e. The molecule has 0 spiro atoms. The molecule has 1 aromatic carbocycles. The Morgan fingerprint density at radius 3 is 2.68 bits per heavy atom. The van der Waals surface area contributed by atoms with E-state index in [0.29, 0.717) is 43.0 Å². The lowest BCUT2D eigenvalue weighted by Crippen LogP contribution is -2.51. The number of aliphatic hydroxyl groups excluding tert-OH is 1. The molecule has 1 amide bonds. The molecule has 1 saturated heterocycles. The van der Waals surface area contributed by atoms with Crippen molar-refractivity contribution in [3.63, 3.8) is 0 Å². The second-order valence-electron chi connectivity index (χ2n) is 7.78. The maximum Gasteiger partial charge on any atom is 0.270 e. The van der Waals surface area contributed by atoms with Crippen molar-refractivity contribution in [1.82, 2.24) is 15.3 Å². The average molecular weight is 381 g/mol. The van der Waals surface area contributed by atoms with Crippen molar-refractivity contribution in [2.75, 3.05) is 43.0 Å². The van der Waals surface area contributed by atoms with E-state index in [1.807, 2.05) is 35.0 Å². The number of hydrogen-bond donors (Lipinski definition) is 2. The lowest BCUT2D eigenvalue weighted by atomic mass is 10.1. The van der Waals surface area contributed by atoms with Crippen molar-refractivity contribution >= 4 is 17.7 Å². The van der Waals surface area contributed by atoms with Gasteiger partial charge < -0.3 is 20.2 Å². The SMILES string of the molecule is CN(CCc1ccccc1)c1nc(C(=O)NCC2CC2)cc(N2CC(O)C2)n1. The summed E-state index contributed by atoms with van der Waals surface area (Å²) < 4.78 is 0. The number of aliphatic hydroxyl groups is 1. The van der Waals surface area contributed by atoms with Crippen LogP contribution in [0.4, 0.5) is 11.8 Å². The second kappa shape index (κ2) is 8.14. The molecule has 0 atom stereocenters. The van der Waals surface area contributed by atoms with Gasteiger partial charge in [0.05, 0.1) is 6.10 Å². The highest BCUT2D eigenvalue weighted by atomic mass is 16.3. The monoisotopic (exact) mass is 381 g/mol. The summed E-state index contributed by atoms with van der Waals surface area (Å²) in [5, 5.41) is 12.6. The summed E-state index contributed by atoms with van der Waals surface area (Å²) in [5.74, 6) is 1.68. The first-order valence-electron chi connectivity index (χ1n) is 9.94. The van der Waals surface area contributed by atoms with E-state index in [1.54, 1.807) is 6.07 Å². The first-order chi connectivity index (χ1) is 13.6. The molecule has 0 bridgehead atoms. The van der Waals surface area contributed by atoms with Gasteiger partial charge in [-0.3, -0.25) is 4.79 Å². The van der Waals surface area contributed by atoms with Gasteiger partial charge in [-0.15, -0.1) is 0 Å². The van der Waals surface area contributed by atoms with Crippen LogP contribution in [0, 0.1) is 5.92 Å². The Morgan fingerprint density at radius 1 is 1.25 bits per heavy atom. The van der Waals surface area contributed by atoms with Crippen molar-refractivity contribution in [3.05, 3.63) is 47.7 Å². The van der Waals surface area contributed by atoms with Crippen LogP contribution >= 0.6 is 0 Å². The number of nitrogens with one attached hydrogen (secondary N) is 1. The Labute approximate surface area is 165 Å². The van der Waals surface area contributed by atoms with E-state index in [2.05, 4.69) is 27.4 Å². The minimum Gasteiger partial charge on any atom is -0.389 e. The van der Waals surface area contributed by atoms with Crippen LogP contribution in [0.5, 0.6) is 0 Å². The molecule has 2 aliphatic rings. The number of carbonyl (C=O) groups is 1. The van der Waals surface area contributed by atoms with Gasteiger partial charge >= 0.3 is 0 Å². The summed E-state index contributed by atoms with van der Waals surface area (Å²) in [6.45, 7) is 2.53. The number of nitrogens with zero attached hydrogens (tertiary/aromatic N) is 4. The molecule has 0 radical (unpaired) electrons. The number of benzene rings is 1. The van der Waals surface area contributed by atoms with Gasteiger partial charge in [-0.1, -0.05) is 30.3 Å². The Hall–Kier alpha value is -2.67. The van der Waals surface area contributed by atoms with Gasteiger partial charge in [-0.2, -0.15) is 4.98 Å². The molecular weight excluding hydrogens is 354 g/mol. The fourth-order valence-electron chi connectivity index (χ4n) is 3.20. The molecule has 7 heteroatoms. The molecule has 2 N–H and O–H groups in total. The zero-order valence-electron chi connectivity index (χ0n) is 16.2. The maximum atomic E-state index is 12.6.